The first-order valence-electron chi connectivity index (χ1n) is 9.31. The van der Waals surface area contributed by atoms with Crippen molar-refractivity contribution in [2.45, 2.75) is 19.4 Å². The zero-order chi connectivity index (χ0) is 20.0. The second-order valence-corrected chi connectivity index (χ2v) is 7.74. The van der Waals surface area contributed by atoms with Crippen LogP contribution in [-0.2, 0) is 12.6 Å². The Kier molecular flexibility index (Phi) is 8.65. The van der Waals surface area contributed by atoms with E-state index >= 15 is 0 Å². The SMILES string of the molecule is CCNC(=NCC(C)(O)c1cnn(C)c1)NCCNc1nc2ccccc2s1.I. The van der Waals surface area contributed by atoms with Crippen molar-refractivity contribution in [1.82, 2.24) is 25.4 Å². The van der Waals surface area contributed by atoms with Crippen LogP contribution in [0.4, 0.5) is 5.13 Å². The number of aliphatic imine (C=N–C) groups is 1. The number of benzene rings is 1. The standard InChI is InChI=1S/C19H27N7OS.HI/c1-4-20-17(23-13-19(2,27)14-11-24-26(3)12-14)21-9-10-22-18-25-15-7-5-6-8-16(15)28-18;/h5-8,11-12,27H,4,9-10,13H2,1-3H3,(H,22,25)(H2,20,21,23);1H. The minimum absolute atomic E-state index is 0. The molecule has 0 radical (unpaired) electrons. The van der Waals surface area contributed by atoms with Crippen molar-refractivity contribution >= 4 is 56.6 Å². The quantitative estimate of drug-likeness (QED) is 0.155. The summed E-state index contributed by atoms with van der Waals surface area (Å²) in [5.41, 5.74) is 0.679. The summed E-state index contributed by atoms with van der Waals surface area (Å²) in [6.45, 7) is 6.12. The van der Waals surface area contributed by atoms with Crippen LogP contribution in [0.15, 0.2) is 41.7 Å². The van der Waals surface area contributed by atoms with E-state index in [0.29, 0.717) is 19.0 Å². The summed E-state index contributed by atoms with van der Waals surface area (Å²) in [5, 5.41) is 25.5. The first-order chi connectivity index (χ1) is 13.5. The molecule has 29 heavy (non-hydrogen) atoms. The Balaban J connectivity index is 0.00000300. The van der Waals surface area contributed by atoms with E-state index in [1.165, 1.54) is 4.70 Å². The summed E-state index contributed by atoms with van der Waals surface area (Å²) in [6, 6.07) is 8.10. The molecule has 0 aliphatic carbocycles. The second kappa shape index (κ2) is 10.7. The maximum Gasteiger partial charge on any atom is 0.191 e. The highest BCUT2D eigenvalue weighted by Gasteiger charge is 2.24. The van der Waals surface area contributed by atoms with Gasteiger partial charge in [-0.2, -0.15) is 5.10 Å². The largest absolute Gasteiger partial charge is 0.383 e. The van der Waals surface area contributed by atoms with E-state index in [1.807, 2.05) is 32.2 Å². The zero-order valence-electron chi connectivity index (χ0n) is 16.8. The van der Waals surface area contributed by atoms with Gasteiger partial charge >= 0.3 is 0 Å². The molecule has 0 bridgehead atoms. The minimum atomic E-state index is -1.07. The normalized spacial score (nSPS) is 13.6. The number of nitrogens with one attached hydrogen (secondary N) is 3. The molecule has 0 saturated heterocycles. The molecule has 3 aromatic rings. The lowest BCUT2D eigenvalue weighted by Gasteiger charge is -2.20. The summed E-state index contributed by atoms with van der Waals surface area (Å²) in [5.74, 6) is 0.665. The number of nitrogens with zero attached hydrogens (tertiary/aromatic N) is 4. The Morgan fingerprint density at radius 2 is 2.07 bits per heavy atom. The highest BCUT2D eigenvalue weighted by Crippen LogP contribution is 2.25. The number of para-hydroxylation sites is 1. The van der Waals surface area contributed by atoms with Crippen molar-refractivity contribution in [1.29, 1.82) is 0 Å². The monoisotopic (exact) mass is 529 g/mol. The molecule has 1 atom stereocenters. The summed E-state index contributed by atoms with van der Waals surface area (Å²) in [7, 11) is 1.83. The third-order valence-electron chi connectivity index (χ3n) is 4.20. The van der Waals surface area contributed by atoms with Gasteiger partial charge in [0.1, 0.15) is 5.60 Å². The molecule has 2 aromatic heterocycles. The van der Waals surface area contributed by atoms with Crippen LogP contribution >= 0.6 is 35.3 Å². The Labute approximate surface area is 191 Å². The highest BCUT2D eigenvalue weighted by molar-refractivity contribution is 14.0. The van der Waals surface area contributed by atoms with Gasteiger partial charge in [0.25, 0.3) is 0 Å². The average Bonchev–Trinajstić information content (AvgIpc) is 3.29. The molecule has 158 valence electrons. The number of anilines is 1. The van der Waals surface area contributed by atoms with Crippen LogP contribution < -0.4 is 16.0 Å². The van der Waals surface area contributed by atoms with Crippen LogP contribution in [0.2, 0.25) is 0 Å². The molecule has 10 heteroatoms. The third kappa shape index (κ3) is 6.54. The van der Waals surface area contributed by atoms with Crippen LogP contribution in [0.3, 0.4) is 0 Å². The van der Waals surface area contributed by atoms with Gasteiger partial charge in [0.15, 0.2) is 11.1 Å². The lowest BCUT2D eigenvalue weighted by Crippen LogP contribution is -2.40. The number of guanidine groups is 1. The molecule has 0 amide bonds. The number of halogens is 1. The highest BCUT2D eigenvalue weighted by atomic mass is 127. The maximum absolute atomic E-state index is 10.7. The lowest BCUT2D eigenvalue weighted by molar-refractivity contribution is 0.0672. The molecule has 1 aromatic carbocycles. The molecular formula is C19H28IN7OS. The van der Waals surface area contributed by atoms with Gasteiger partial charge in [0, 0.05) is 38.4 Å². The summed E-state index contributed by atoms with van der Waals surface area (Å²) in [6.07, 6.45) is 3.47. The van der Waals surface area contributed by atoms with Crippen LogP contribution in [0, 0.1) is 0 Å². The van der Waals surface area contributed by atoms with Gasteiger partial charge in [-0.05, 0) is 26.0 Å². The van der Waals surface area contributed by atoms with Crippen molar-refractivity contribution in [2.24, 2.45) is 12.0 Å². The van der Waals surface area contributed by atoms with Gasteiger partial charge in [-0.1, -0.05) is 23.5 Å². The van der Waals surface area contributed by atoms with E-state index in [1.54, 1.807) is 35.3 Å². The number of fused-ring (bicyclic) bond motifs is 1. The first kappa shape index (κ1) is 23.4. The van der Waals surface area contributed by atoms with Gasteiger partial charge in [-0.15, -0.1) is 24.0 Å². The Hall–Kier alpha value is -1.92. The fourth-order valence-corrected chi connectivity index (χ4v) is 3.55. The number of aliphatic hydroxyl groups is 1. The molecule has 0 saturated carbocycles. The smallest absolute Gasteiger partial charge is 0.191 e. The van der Waals surface area contributed by atoms with E-state index in [9.17, 15) is 5.11 Å². The van der Waals surface area contributed by atoms with Gasteiger partial charge in [0.05, 0.1) is 23.0 Å². The number of thiazole rings is 1. The van der Waals surface area contributed by atoms with E-state index in [4.69, 9.17) is 0 Å². The molecule has 8 nitrogen and oxygen atoms in total. The second-order valence-electron chi connectivity index (χ2n) is 6.71. The predicted octanol–water partition coefficient (Wildman–Crippen LogP) is 2.52. The summed E-state index contributed by atoms with van der Waals surface area (Å²) in [4.78, 5) is 9.08. The number of aryl methyl sites for hydroxylation is 1. The van der Waals surface area contributed by atoms with Crippen molar-refractivity contribution in [3.63, 3.8) is 0 Å². The van der Waals surface area contributed by atoms with Gasteiger partial charge in [-0.3, -0.25) is 4.68 Å². The first-order valence-corrected chi connectivity index (χ1v) is 10.1. The molecule has 1 unspecified atom stereocenters. The molecule has 0 fully saturated rings. The third-order valence-corrected chi connectivity index (χ3v) is 5.20. The molecule has 0 aliphatic heterocycles. The molecule has 3 rings (SSSR count). The zero-order valence-corrected chi connectivity index (χ0v) is 20.0. The van der Waals surface area contributed by atoms with Gasteiger partial charge < -0.3 is 21.1 Å². The molecule has 0 spiro atoms. The van der Waals surface area contributed by atoms with Crippen LogP contribution in [0.1, 0.15) is 19.4 Å². The number of hydrogen-bond donors (Lipinski definition) is 4. The van der Waals surface area contributed by atoms with Crippen LogP contribution in [-0.4, -0.2) is 52.0 Å². The Morgan fingerprint density at radius 3 is 2.76 bits per heavy atom. The van der Waals surface area contributed by atoms with E-state index in [-0.39, 0.29) is 30.5 Å². The van der Waals surface area contributed by atoms with E-state index in [0.717, 1.165) is 22.8 Å². The fraction of sp³-hybridized carbons (Fsp3) is 0.421. The van der Waals surface area contributed by atoms with Crippen molar-refractivity contribution < 1.29 is 5.11 Å². The minimum Gasteiger partial charge on any atom is -0.383 e. The van der Waals surface area contributed by atoms with E-state index in [2.05, 4.69) is 37.1 Å². The Bertz CT molecular complexity index is 904. The maximum atomic E-state index is 10.7. The van der Waals surface area contributed by atoms with Crippen LogP contribution in [0.25, 0.3) is 10.2 Å². The number of aromatic nitrogens is 3. The van der Waals surface area contributed by atoms with Gasteiger partial charge in [-0.25, -0.2) is 9.98 Å². The van der Waals surface area contributed by atoms with Crippen molar-refractivity contribution in [3.8, 4) is 0 Å². The summed E-state index contributed by atoms with van der Waals surface area (Å²) < 4.78 is 2.84. The molecule has 4 N–H and O–H groups in total. The topological polar surface area (TPSA) is 99.4 Å². The fourth-order valence-electron chi connectivity index (χ4n) is 2.66. The van der Waals surface area contributed by atoms with Gasteiger partial charge in [0.2, 0.25) is 0 Å². The molecular weight excluding hydrogens is 501 g/mol. The molecule has 2 heterocycles. The summed E-state index contributed by atoms with van der Waals surface area (Å²) >= 11 is 1.64. The Morgan fingerprint density at radius 1 is 1.28 bits per heavy atom. The molecule has 0 aliphatic rings. The predicted molar refractivity (Wildman–Crippen MR) is 130 cm³/mol. The lowest BCUT2D eigenvalue weighted by atomic mass is 10.0. The number of hydrogen-bond acceptors (Lipinski definition) is 6. The van der Waals surface area contributed by atoms with Crippen LogP contribution in [0.5, 0.6) is 0 Å². The van der Waals surface area contributed by atoms with E-state index < -0.39 is 5.60 Å². The van der Waals surface area contributed by atoms with Crippen molar-refractivity contribution in [2.75, 3.05) is 31.5 Å². The van der Waals surface area contributed by atoms with Crippen molar-refractivity contribution in [3.05, 3.63) is 42.2 Å². The number of rotatable bonds is 8. The average molecular weight is 529 g/mol.